The third kappa shape index (κ3) is 0.715. The number of aromatic nitrogens is 1. The van der Waals surface area contributed by atoms with Crippen LogP contribution < -0.4 is 4.98 Å². The zero-order valence-electron chi connectivity index (χ0n) is 4.79. The van der Waals surface area contributed by atoms with Crippen LogP contribution >= 0.6 is 11.3 Å². The van der Waals surface area contributed by atoms with E-state index in [-0.39, 0.29) is 0 Å². The lowest BCUT2D eigenvalue weighted by molar-refractivity contribution is -0.341. The van der Waals surface area contributed by atoms with Crippen LogP contribution in [-0.4, -0.2) is 0 Å². The van der Waals surface area contributed by atoms with Crippen molar-refractivity contribution in [2.45, 2.75) is 0 Å². The molecule has 1 nitrogen and oxygen atoms in total. The Morgan fingerprint density at radius 1 is 1.33 bits per heavy atom. The Morgan fingerprint density at radius 3 is 3.22 bits per heavy atom. The first-order chi connectivity index (χ1) is 4.47. The molecule has 0 unspecified atom stereocenters. The molecule has 2 rings (SSSR count). The molecular formula is C7H6NS+. The van der Waals surface area contributed by atoms with Gasteiger partial charge in [-0.2, -0.15) is 0 Å². The fourth-order valence-electron chi connectivity index (χ4n) is 0.843. The fraction of sp³-hybridized carbons (Fsp3) is 0. The van der Waals surface area contributed by atoms with Gasteiger partial charge in [-0.05, 0) is 17.5 Å². The Labute approximate surface area is 57.0 Å². The summed E-state index contributed by atoms with van der Waals surface area (Å²) >= 11 is 1.73. The van der Waals surface area contributed by atoms with Crippen molar-refractivity contribution >= 4 is 21.6 Å². The van der Waals surface area contributed by atoms with Gasteiger partial charge in [0, 0.05) is 6.07 Å². The molecule has 0 aliphatic carbocycles. The molecule has 0 spiro atoms. The van der Waals surface area contributed by atoms with E-state index in [4.69, 9.17) is 0 Å². The van der Waals surface area contributed by atoms with E-state index in [2.05, 4.69) is 22.5 Å². The summed E-state index contributed by atoms with van der Waals surface area (Å²) in [5.74, 6) is 0. The zero-order valence-corrected chi connectivity index (χ0v) is 5.61. The number of rotatable bonds is 0. The third-order valence-electron chi connectivity index (χ3n) is 1.28. The summed E-state index contributed by atoms with van der Waals surface area (Å²) in [4.78, 5) is 4.40. The maximum atomic E-state index is 3.15. The van der Waals surface area contributed by atoms with E-state index in [9.17, 15) is 0 Å². The highest BCUT2D eigenvalue weighted by atomic mass is 32.1. The summed E-state index contributed by atoms with van der Waals surface area (Å²) in [5.41, 5.74) is 0. The Bertz CT molecular complexity index is 283. The number of thiophene rings is 1. The third-order valence-corrected chi connectivity index (χ3v) is 2.14. The number of nitrogens with one attached hydrogen (secondary N) is 1. The van der Waals surface area contributed by atoms with Gasteiger partial charge in [-0.25, -0.2) is 4.98 Å². The largest absolute Gasteiger partial charge is 0.267 e. The van der Waals surface area contributed by atoms with Gasteiger partial charge in [0.05, 0.1) is 5.39 Å². The van der Waals surface area contributed by atoms with E-state index in [0.717, 1.165) is 0 Å². The van der Waals surface area contributed by atoms with Crippen LogP contribution in [0.3, 0.4) is 0 Å². The van der Waals surface area contributed by atoms with E-state index in [1.165, 1.54) is 10.2 Å². The molecule has 2 heteroatoms. The second-order valence-electron chi connectivity index (χ2n) is 1.88. The average molecular weight is 136 g/mol. The monoisotopic (exact) mass is 136 g/mol. The van der Waals surface area contributed by atoms with Gasteiger partial charge in [0.25, 0.3) is 4.83 Å². The van der Waals surface area contributed by atoms with Crippen molar-refractivity contribution < 1.29 is 4.98 Å². The molecule has 9 heavy (non-hydrogen) atoms. The maximum absolute atomic E-state index is 3.15. The average Bonchev–Trinajstić information content (AvgIpc) is 2.33. The predicted octanol–water partition coefficient (Wildman–Crippen LogP) is 1.72. The van der Waals surface area contributed by atoms with E-state index in [1.54, 1.807) is 11.3 Å². The number of fused-ring (bicyclic) bond motifs is 1. The van der Waals surface area contributed by atoms with Gasteiger partial charge in [-0.15, -0.1) is 0 Å². The first-order valence-electron chi connectivity index (χ1n) is 2.81. The summed E-state index contributed by atoms with van der Waals surface area (Å²) in [6, 6.07) is 6.22. The van der Waals surface area contributed by atoms with Crippen molar-refractivity contribution in [2.24, 2.45) is 0 Å². The van der Waals surface area contributed by atoms with Gasteiger partial charge in [0.2, 0.25) is 0 Å². The van der Waals surface area contributed by atoms with Crippen molar-refractivity contribution in [1.82, 2.24) is 0 Å². The van der Waals surface area contributed by atoms with Gasteiger partial charge in [0.15, 0.2) is 6.20 Å². The van der Waals surface area contributed by atoms with Crippen molar-refractivity contribution in [1.29, 1.82) is 0 Å². The zero-order chi connectivity index (χ0) is 6.10. The molecule has 0 bridgehead atoms. The van der Waals surface area contributed by atoms with Crippen LogP contribution in [0.15, 0.2) is 29.8 Å². The van der Waals surface area contributed by atoms with E-state index >= 15 is 0 Å². The molecule has 1 N–H and O–H groups in total. The minimum Gasteiger partial charge on any atom is -0.202 e. The molecule has 0 amide bonds. The minimum absolute atomic E-state index is 1.25. The second-order valence-corrected chi connectivity index (χ2v) is 2.79. The van der Waals surface area contributed by atoms with Crippen molar-refractivity contribution in [3.63, 3.8) is 0 Å². The van der Waals surface area contributed by atoms with Crippen LogP contribution in [0.25, 0.3) is 10.2 Å². The Balaban J connectivity index is 2.95. The predicted molar refractivity (Wildman–Crippen MR) is 38.4 cm³/mol. The van der Waals surface area contributed by atoms with Crippen LogP contribution in [0.4, 0.5) is 0 Å². The molecule has 2 aromatic rings. The highest BCUT2D eigenvalue weighted by Crippen LogP contribution is 2.13. The summed E-state index contributed by atoms with van der Waals surface area (Å²) in [6.45, 7) is 0. The first kappa shape index (κ1) is 4.94. The molecule has 44 valence electrons. The Kier molecular flexibility index (Phi) is 0.993. The van der Waals surface area contributed by atoms with Crippen molar-refractivity contribution in [2.75, 3.05) is 0 Å². The molecule has 2 heterocycles. The van der Waals surface area contributed by atoms with E-state index in [0.29, 0.717) is 0 Å². The highest BCUT2D eigenvalue weighted by molar-refractivity contribution is 7.16. The van der Waals surface area contributed by atoms with E-state index < -0.39 is 0 Å². The lowest BCUT2D eigenvalue weighted by Gasteiger charge is -1.74. The number of pyridine rings is 1. The van der Waals surface area contributed by atoms with E-state index in [1.807, 2.05) is 12.3 Å². The molecule has 2 aromatic heterocycles. The molecule has 0 aromatic carbocycles. The SMILES string of the molecule is c1c[nH+]c2sccc2c1. The van der Waals surface area contributed by atoms with Gasteiger partial charge in [-0.1, -0.05) is 11.3 Å². The topological polar surface area (TPSA) is 14.1 Å². The number of aromatic amines is 1. The quantitative estimate of drug-likeness (QED) is 0.523. The van der Waals surface area contributed by atoms with Gasteiger partial charge in [0.1, 0.15) is 0 Å². The fourth-order valence-corrected chi connectivity index (χ4v) is 1.60. The van der Waals surface area contributed by atoms with Crippen LogP contribution in [0, 0.1) is 0 Å². The lowest BCUT2D eigenvalue weighted by atomic mass is 10.4. The van der Waals surface area contributed by atoms with Crippen LogP contribution in [0.2, 0.25) is 0 Å². The molecule has 0 atom stereocenters. The molecule has 0 saturated carbocycles. The molecule has 0 saturated heterocycles. The summed E-state index contributed by atoms with van der Waals surface area (Å²) in [6.07, 6.45) is 1.94. The first-order valence-corrected chi connectivity index (χ1v) is 3.69. The Morgan fingerprint density at radius 2 is 2.33 bits per heavy atom. The molecule has 0 aliphatic heterocycles. The second kappa shape index (κ2) is 1.81. The smallest absolute Gasteiger partial charge is 0.202 e. The van der Waals surface area contributed by atoms with Crippen molar-refractivity contribution in [3.8, 4) is 0 Å². The summed E-state index contributed by atoms with van der Waals surface area (Å²) in [7, 11) is 0. The number of hydrogen-bond acceptors (Lipinski definition) is 1. The van der Waals surface area contributed by atoms with Gasteiger partial charge >= 0.3 is 0 Å². The molecule has 0 radical (unpaired) electrons. The summed E-state index contributed by atoms with van der Waals surface area (Å²) in [5, 5.41) is 3.38. The minimum atomic E-state index is 1.25. The van der Waals surface area contributed by atoms with Gasteiger partial charge < -0.3 is 0 Å². The van der Waals surface area contributed by atoms with Crippen LogP contribution in [0.5, 0.6) is 0 Å². The molecule has 0 aliphatic rings. The maximum Gasteiger partial charge on any atom is 0.267 e. The van der Waals surface area contributed by atoms with Crippen LogP contribution in [0.1, 0.15) is 0 Å². The molecular weight excluding hydrogens is 130 g/mol. The lowest BCUT2D eigenvalue weighted by Crippen LogP contribution is -1.96. The Hall–Kier alpha value is -0.890. The number of H-pyrrole nitrogens is 1. The standard InChI is InChI=1S/C7H5NS/c1-2-6-3-5-9-7(6)8-4-1/h1-5H/p+1. The summed E-state index contributed by atoms with van der Waals surface area (Å²) < 4.78 is 0. The van der Waals surface area contributed by atoms with Crippen molar-refractivity contribution in [3.05, 3.63) is 29.8 Å². The number of hydrogen-bond donors (Lipinski definition) is 0. The molecule has 0 fully saturated rings. The highest BCUT2D eigenvalue weighted by Gasteiger charge is 1.96. The van der Waals surface area contributed by atoms with Crippen LogP contribution in [-0.2, 0) is 0 Å². The van der Waals surface area contributed by atoms with Gasteiger partial charge in [-0.3, -0.25) is 0 Å². The normalized spacial score (nSPS) is 10.2.